The molecule has 0 amide bonds. The maximum atomic E-state index is 10.8. The fraction of sp³-hybridized carbons (Fsp3) is 0.700. The molecule has 2 aliphatic rings. The van der Waals surface area contributed by atoms with Crippen LogP contribution in [0.3, 0.4) is 0 Å². The monoisotopic (exact) mass is 332 g/mol. The maximum Gasteiger partial charge on any atom is 0.0917 e. The summed E-state index contributed by atoms with van der Waals surface area (Å²) in [6.07, 6.45) is 5.07. The molecule has 0 radical (unpaired) electrons. The van der Waals surface area contributed by atoms with Gasteiger partial charge in [-0.3, -0.25) is 9.80 Å². The Kier molecular flexibility index (Phi) is 5.93. The second-order valence-electron chi connectivity index (χ2n) is 7.79. The Morgan fingerprint density at radius 2 is 1.83 bits per heavy atom. The summed E-state index contributed by atoms with van der Waals surface area (Å²) >= 11 is 0. The Hall–Kier alpha value is -0.940. The van der Waals surface area contributed by atoms with Crippen molar-refractivity contribution in [3.8, 4) is 0 Å². The van der Waals surface area contributed by atoms with Crippen LogP contribution in [-0.4, -0.2) is 64.4 Å². The van der Waals surface area contributed by atoms with Crippen molar-refractivity contribution in [1.29, 1.82) is 0 Å². The number of hydrogen-bond acceptors (Lipinski definition) is 4. The molecule has 0 aromatic heterocycles. The van der Waals surface area contributed by atoms with Crippen LogP contribution < -0.4 is 0 Å². The molecule has 24 heavy (non-hydrogen) atoms. The largest absolute Gasteiger partial charge is 0.389 e. The minimum atomic E-state index is -0.469. The third kappa shape index (κ3) is 4.57. The summed E-state index contributed by atoms with van der Waals surface area (Å²) < 4.78 is 0. The van der Waals surface area contributed by atoms with Gasteiger partial charge in [0.25, 0.3) is 0 Å². The van der Waals surface area contributed by atoms with E-state index >= 15 is 0 Å². The third-order valence-electron chi connectivity index (χ3n) is 5.74. The zero-order valence-electron chi connectivity index (χ0n) is 14.9. The third-order valence-corrected chi connectivity index (χ3v) is 5.74. The summed E-state index contributed by atoms with van der Waals surface area (Å²) in [6, 6.07) is 10.3. The lowest BCUT2D eigenvalue weighted by molar-refractivity contribution is -0.0462. The smallest absolute Gasteiger partial charge is 0.0917 e. The van der Waals surface area contributed by atoms with Gasteiger partial charge in [-0.05, 0) is 25.3 Å². The highest BCUT2D eigenvalue weighted by Crippen LogP contribution is 2.29. The van der Waals surface area contributed by atoms with Gasteiger partial charge in [0, 0.05) is 38.8 Å². The maximum absolute atomic E-state index is 10.8. The molecule has 1 aliphatic carbocycles. The zero-order valence-corrected chi connectivity index (χ0v) is 14.9. The molecular weight excluding hydrogens is 300 g/mol. The van der Waals surface area contributed by atoms with Crippen LogP contribution in [0.25, 0.3) is 0 Å². The van der Waals surface area contributed by atoms with Crippen LogP contribution >= 0.6 is 0 Å². The Bertz CT molecular complexity index is 502. The van der Waals surface area contributed by atoms with Crippen molar-refractivity contribution in [2.75, 3.05) is 32.7 Å². The topological polar surface area (TPSA) is 46.9 Å². The summed E-state index contributed by atoms with van der Waals surface area (Å²) in [7, 11) is 0. The highest BCUT2D eigenvalue weighted by molar-refractivity contribution is 5.17. The lowest BCUT2D eigenvalue weighted by Crippen LogP contribution is -2.56. The molecule has 0 bridgehead atoms. The summed E-state index contributed by atoms with van der Waals surface area (Å²) in [6.45, 7) is 6.64. The summed E-state index contributed by atoms with van der Waals surface area (Å²) in [5, 5.41) is 21.2. The number of β-amino-alcohol motifs (C(OH)–C–C–N with tert-alkyl or cyclic N) is 2. The highest BCUT2D eigenvalue weighted by Gasteiger charge is 2.34. The number of rotatable bonds is 5. The second-order valence-corrected chi connectivity index (χ2v) is 7.79. The highest BCUT2D eigenvalue weighted by atomic mass is 16.3. The molecule has 1 saturated carbocycles. The van der Waals surface area contributed by atoms with Gasteiger partial charge in [-0.25, -0.2) is 0 Å². The van der Waals surface area contributed by atoms with Gasteiger partial charge in [0.2, 0.25) is 0 Å². The molecule has 4 nitrogen and oxygen atoms in total. The molecule has 0 unspecified atom stereocenters. The number of nitrogens with zero attached hydrogens (tertiary/aromatic N) is 2. The predicted octanol–water partition coefficient (Wildman–Crippen LogP) is 2.42. The lowest BCUT2D eigenvalue weighted by atomic mass is 9.84. The van der Waals surface area contributed by atoms with Crippen molar-refractivity contribution in [1.82, 2.24) is 9.80 Å². The normalized spacial score (nSPS) is 27.0. The van der Waals surface area contributed by atoms with Gasteiger partial charge < -0.3 is 10.2 Å². The van der Waals surface area contributed by atoms with Crippen molar-refractivity contribution >= 4 is 0 Å². The first-order valence-electron chi connectivity index (χ1n) is 9.48. The Labute approximate surface area is 146 Å². The number of piperazine rings is 1. The Balaban J connectivity index is 1.50. The molecule has 134 valence electrons. The second kappa shape index (κ2) is 7.96. The van der Waals surface area contributed by atoms with Crippen LogP contribution in [0, 0.1) is 0 Å². The van der Waals surface area contributed by atoms with E-state index in [9.17, 15) is 10.2 Å². The molecule has 2 atom stereocenters. The fourth-order valence-corrected chi connectivity index (χ4v) is 4.27. The van der Waals surface area contributed by atoms with E-state index in [1.54, 1.807) is 0 Å². The van der Waals surface area contributed by atoms with E-state index in [1.807, 2.05) is 30.3 Å². The van der Waals surface area contributed by atoms with Crippen LogP contribution in [0.1, 0.15) is 50.7 Å². The van der Waals surface area contributed by atoms with Crippen molar-refractivity contribution in [3.05, 3.63) is 35.9 Å². The minimum Gasteiger partial charge on any atom is -0.389 e. The minimum absolute atomic E-state index is 0.407. The molecule has 3 rings (SSSR count). The zero-order chi connectivity index (χ0) is 17.0. The van der Waals surface area contributed by atoms with E-state index in [2.05, 4.69) is 16.7 Å². The first-order chi connectivity index (χ1) is 11.6. The number of aliphatic hydroxyl groups excluding tert-OH is 1. The average molecular weight is 332 g/mol. The number of aliphatic hydroxyl groups is 2. The van der Waals surface area contributed by atoms with Gasteiger partial charge in [0.1, 0.15) is 0 Å². The molecule has 2 N–H and O–H groups in total. The van der Waals surface area contributed by atoms with E-state index in [0.29, 0.717) is 12.6 Å². The molecule has 1 aromatic rings. The van der Waals surface area contributed by atoms with Crippen LogP contribution in [-0.2, 0) is 0 Å². The van der Waals surface area contributed by atoms with Gasteiger partial charge in [-0.1, -0.05) is 49.6 Å². The fourth-order valence-electron chi connectivity index (χ4n) is 4.27. The number of benzene rings is 1. The quantitative estimate of drug-likeness (QED) is 0.869. The van der Waals surface area contributed by atoms with E-state index in [4.69, 9.17) is 0 Å². The van der Waals surface area contributed by atoms with Crippen molar-refractivity contribution in [2.24, 2.45) is 0 Å². The van der Waals surface area contributed by atoms with Crippen LogP contribution in [0.4, 0.5) is 0 Å². The number of hydrogen-bond donors (Lipinski definition) is 2. The van der Waals surface area contributed by atoms with Gasteiger partial charge in [0.15, 0.2) is 0 Å². The molecule has 1 aromatic carbocycles. The molecule has 1 heterocycles. The molecule has 1 saturated heterocycles. The van der Waals surface area contributed by atoms with E-state index < -0.39 is 11.7 Å². The molecular formula is C20H32N2O2. The van der Waals surface area contributed by atoms with Crippen molar-refractivity contribution in [3.63, 3.8) is 0 Å². The van der Waals surface area contributed by atoms with E-state index in [0.717, 1.165) is 57.4 Å². The Morgan fingerprint density at radius 1 is 1.12 bits per heavy atom. The van der Waals surface area contributed by atoms with Crippen LogP contribution in [0.15, 0.2) is 30.3 Å². The lowest BCUT2D eigenvalue weighted by Gasteiger charge is -2.44. The molecule has 4 heteroatoms. The SMILES string of the molecule is C[C@@H]1CN(CC2(O)CCCCC2)CCN1C[C@H](O)c1ccccc1. The summed E-state index contributed by atoms with van der Waals surface area (Å²) in [5.74, 6) is 0. The van der Waals surface area contributed by atoms with Gasteiger partial charge >= 0.3 is 0 Å². The van der Waals surface area contributed by atoms with Gasteiger partial charge in [-0.2, -0.15) is 0 Å². The summed E-state index contributed by atoms with van der Waals surface area (Å²) in [5.41, 5.74) is 0.521. The van der Waals surface area contributed by atoms with Gasteiger partial charge in [0.05, 0.1) is 11.7 Å². The predicted molar refractivity (Wildman–Crippen MR) is 96.9 cm³/mol. The Morgan fingerprint density at radius 3 is 2.50 bits per heavy atom. The molecule has 2 fully saturated rings. The standard InChI is InChI=1S/C20H32N2O2/c1-17-14-21(16-20(24)10-6-3-7-11-20)12-13-22(17)15-19(23)18-8-4-2-5-9-18/h2,4-5,8-9,17,19,23-24H,3,6-7,10-16H2,1H3/t17-,19+/m1/s1. The first kappa shape index (κ1) is 17.9. The van der Waals surface area contributed by atoms with Crippen molar-refractivity contribution < 1.29 is 10.2 Å². The molecule has 0 spiro atoms. The van der Waals surface area contributed by atoms with E-state index in [1.165, 1.54) is 6.42 Å². The van der Waals surface area contributed by atoms with E-state index in [-0.39, 0.29) is 0 Å². The first-order valence-corrected chi connectivity index (χ1v) is 9.48. The van der Waals surface area contributed by atoms with Crippen molar-refractivity contribution in [2.45, 2.75) is 56.8 Å². The molecule has 1 aliphatic heterocycles. The van der Waals surface area contributed by atoms with Gasteiger partial charge in [-0.15, -0.1) is 0 Å². The summed E-state index contributed by atoms with van der Waals surface area (Å²) in [4.78, 5) is 4.79. The van der Waals surface area contributed by atoms with Crippen LogP contribution in [0.2, 0.25) is 0 Å². The van der Waals surface area contributed by atoms with Crippen LogP contribution in [0.5, 0.6) is 0 Å². The average Bonchev–Trinajstić information content (AvgIpc) is 2.58.